The summed E-state index contributed by atoms with van der Waals surface area (Å²) in [6, 6.07) is 12.1. The third-order valence-electron chi connectivity index (χ3n) is 5.34. The van der Waals surface area contributed by atoms with Crippen LogP contribution < -0.4 is 10.1 Å². The van der Waals surface area contributed by atoms with Crippen LogP contribution in [0, 0.1) is 5.92 Å². The number of sulfonamides is 1. The number of ether oxygens (including phenoxy) is 1. The molecule has 1 saturated heterocycles. The van der Waals surface area contributed by atoms with Crippen LogP contribution in [0.25, 0.3) is 0 Å². The fourth-order valence-corrected chi connectivity index (χ4v) is 5.39. The summed E-state index contributed by atoms with van der Waals surface area (Å²) in [5.74, 6) is -0.125. The molecule has 1 atom stereocenters. The molecule has 8 heteroatoms. The number of nitrogens with one attached hydrogen (secondary N) is 1. The van der Waals surface area contributed by atoms with Crippen LogP contribution in [0.2, 0.25) is 5.02 Å². The van der Waals surface area contributed by atoms with E-state index in [2.05, 4.69) is 5.32 Å². The molecule has 1 amide bonds. The van der Waals surface area contributed by atoms with Crippen molar-refractivity contribution < 1.29 is 17.9 Å². The molecule has 1 heterocycles. The average Bonchev–Trinajstić information content (AvgIpc) is 2.74. The van der Waals surface area contributed by atoms with Crippen molar-refractivity contribution in [3.05, 3.63) is 53.1 Å². The van der Waals surface area contributed by atoms with Crippen LogP contribution in [0.1, 0.15) is 38.2 Å². The molecule has 0 bridgehead atoms. The molecule has 0 aromatic heterocycles. The molecule has 30 heavy (non-hydrogen) atoms. The van der Waals surface area contributed by atoms with Gasteiger partial charge >= 0.3 is 0 Å². The molecule has 2 aromatic carbocycles. The van der Waals surface area contributed by atoms with Gasteiger partial charge in [0.2, 0.25) is 15.9 Å². The molecule has 2 aromatic rings. The Morgan fingerprint density at radius 2 is 1.90 bits per heavy atom. The molecule has 1 aliphatic rings. The number of benzene rings is 2. The predicted molar refractivity (Wildman–Crippen MR) is 119 cm³/mol. The topological polar surface area (TPSA) is 75.7 Å². The van der Waals surface area contributed by atoms with E-state index in [1.54, 1.807) is 36.4 Å². The Hall–Kier alpha value is -2.09. The SMILES string of the molecule is COc1ccc(C(C)C)cc1S(=O)(=O)N1CCC[C@H](C(=O)Nc2ccc(Cl)cc2)C1. The molecule has 3 rings (SSSR count). The highest BCUT2D eigenvalue weighted by atomic mass is 35.5. The Kier molecular flexibility index (Phi) is 7.06. The molecular formula is C22H27ClN2O4S. The van der Waals surface area contributed by atoms with Gasteiger partial charge in [-0.25, -0.2) is 8.42 Å². The van der Waals surface area contributed by atoms with Crippen molar-refractivity contribution in [2.45, 2.75) is 37.5 Å². The van der Waals surface area contributed by atoms with E-state index in [1.165, 1.54) is 11.4 Å². The minimum absolute atomic E-state index is 0.136. The van der Waals surface area contributed by atoms with Crippen LogP contribution in [0.3, 0.4) is 0 Å². The second-order valence-corrected chi connectivity index (χ2v) is 10.1. The number of amides is 1. The van der Waals surface area contributed by atoms with Crippen molar-refractivity contribution in [3.63, 3.8) is 0 Å². The van der Waals surface area contributed by atoms with Crippen molar-refractivity contribution in [1.29, 1.82) is 0 Å². The number of hydrogen-bond acceptors (Lipinski definition) is 4. The number of rotatable bonds is 6. The van der Waals surface area contributed by atoms with Crippen LogP contribution in [0.4, 0.5) is 5.69 Å². The highest BCUT2D eigenvalue weighted by Crippen LogP contribution is 2.32. The average molecular weight is 451 g/mol. The first kappa shape index (κ1) is 22.6. The molecule has 1 fully saturated rings. The molecular weight excluding hydrogens is 424 g/mol. The highest BCUT2D eigenvalue weighted by Gasteiger charge is 2.35. The van der Waals surface area contributed by atoms with Gasteiger partial charge in [-0.1, -0.05) is 31.5 Å². The summed E-state index contributed by atoms with van der Waals surface area (Å²) in [4.78, 5) is 12.9. The molecule has 0 radical (unpaired) electrons. The number of halogens is 1. The fraction of sp³-hybridized carbons (Fsp3) is 0.409. The largest absolute Gasteiger partial charge is 0.495 e. The van der Waals surface area contributed by atoms with Gasteiger partial charge in [0.15, 0.2) is 0 Å². The number of anilines is 1. The van der Waals surface area contributed by atoms with Gasteiger partial charge in [-0.05, 0) is 60.7 Å². The monoisotopic (exact) mass is 450 g/mol. The minimum Gasteiger partial charge on any atom is -0.495 e. The van der Waals surface area contributed by atoms with Crippen molar-refractivity contribution in [1.82, 2.24) is 4.31 Å². The van der Waals surface area contributed by atoms with E-state index in [9.17, 15) is 13.2 Å². The fourth-order valence-electron chi connectivity index (χ4n) is 3.55. The molecule has 1 aliphatic heterocycles. The van der Waals surface area contributed by atoms with Gasteiger partial charge in [0.1, 0.15) is 10.6 Å². The van der Waals surface area contributed by atoms with E-state index >= 15 is 0 Å². The lowest BCUT2D eigenvalue weighted by Crippen LogP contribution is -2.43. The molecule has 0 aliphatic carbocycles. The van der Waals surface area contributed by atoms with Crippen LogP contribution in [0.15, 0.2) is 47.4 Å². The zero-order chi connectivity index (χ0) is 21.9. The second-order valence-electron chi connectivity index (χ2n) is 7.76. The normalized spacial score (nSPS) is 17.7. The van der Waals surface area contributed by atoms with Gasteiger partial charge in [-0.2, -0.15) is 4.31 Å². The molecule has 0 saturated carbocycles. The maximum atomic E-state index is 13.4. The minimum atomic E-state index is -3.79. The number of carbonyl (C=O) groups is 1. The number of methoxy groups -OCH3 is 1. The Morgan fingerprint density at radius 1 is 1.20 bits per heavy atom. The lowest BCUT2D eigenvalue weighted by atomic mass is 9.99. The predicted octanol–water partition coefficient (Wildman–Crippen LogP) is 4.51. The van der Waals surface area contributed by atoms with E-state index in [0.717, 1.165) is 5.56 Å². The van der Waals surface area contributed by atoms with E-state index < -0.39 is 15.9 Å². The van der Waals surface area contributed by atoms with Gasteiger partial charge in [0, 0.05) is 23.8 Å². The molecule has 162 valence electrons. The Labute approximate surface area is 183 Å². The maximum Gasteiger partial charge on any atom is 0.246 e. The summed E-state index contributed by atoms with van der Waals surface area (Å²) in [5, 5.41) is 3.44. The third kappa shape index (κ3) is 4.96. The highest BCUT2D eigenvalue weighted by molar-refractivity contribution is 7.89. The summed E-state index contributed by atoms with van der Waals surface area (Å²) in [5.41, 5.74) is 1.55. The first-order valence-electron chi connectivity index (χ1n) is 9.97. The van der Waals surface area contributed by atoms with Gasteiger partial charge in [-0.3, -0.25) is 4.79 Å². The van der Waals surface area contributed by atoms with Crippen molar-refractivity contribution in [2.24, 2.45) is 5.92 Å². The second kappa shape index (κ2) is 9.37. The third-order valence-corrected chi connectivity index (χ3v) is 7.48. The summed E-state index contributed by atoms with van der Waals surface area (Å²) < 4.78 is 33.5. The van der Waals surface area contributed by atoms with Crippen LogP contribution in [-0.2, 0) is 14.8 Å². The lowest BCUT2D eigenvalue weighted by molar-refractivity contribution is -0.120. The summed E-state index contributed by atoms with van der Waals surface area (Å²) in [7, 11) is -2.33. The summed E-state index contributed by atoms with van der Waals surface area (Å²) >= 11 is 5.88. The zero-order valence-corrected chi connectivity index (χ0v) is 19.0. The number of piperidine rings is 1. The van der Waals surface area contributed by atoms with Gasteiger partial charge in [-0.15, -0.1) is 0 Å². The summed E-state index contributed by atoms with van der Waals surface area (Å²) in [6.45, 7) is 4.53. The van der Waals surface area contributed by atoms with E-state index in [4.69, 9.17) is 16.3 Å². The van der Waals surface area contributed by atoms with Crippen molar-refractivity contribution in [3.8, 4) is 5.75 Å². The smallest absolute Gasteiger partial charge is 0.246 e. The standard InChI is InChI=1S/C22H27ClN2O4S/c1-15(2)16-6-11-20(29-3)21(13-16)30(27,28)25-12-4-5-17(14-25)22(26)24-19-9-7-18(23)8-10-19/h6-11,13,15,17H,4-5,12,14H2,1-3H3,(H,24,26)/t17-/m0/s1. The van der Waals surface area contributed by atoms with Crippen LogP contribution in [0.5, 0.6) is 5.75 Å². The molecule has 6 nitrogen and oxygen atoms in total. The van der Waals surface area contributed by atoms with Gasteiger partial charge < -0.3 is 10.1 Å². The van der Waals surface area contributed by atoms with Gasteiger partial charge in [0.05, 0.1) is 13.0 Å². The lowest BCUT2D eigenvalue weighted by Gasteiger charge is -2.31. The molecule has 0 unspecified atom stereocenters. The van der Waals surface area contributed by atoms with Crippen molar-refractivity contribution in [2.75, 3.05) is 25.5 Å². The zero-order valence-electron chi connectivity index (χ0n) is 17.4. The van der Waals surface area contributed by atoms with E-state index in [-0.39, 0.29) is 23.3 Å². The van der Waals surface area contributed by atoms with Crippen LogP contribution in [-0.4, -0.2) is 38.8 Å². The summed E-state index contributed by atoms with van der Waals surface area (Å²) in [6.07, 6.45) is 1.25. The number of hydrogen-bond donors (Lipinski definition) is 1. The quantitative estimate of drug-likeness (QED) is 0.702. The van der Waals surface area contributed by atoms with E-state index in [1.807, 2.05) is 19.9 Å². The van der Waals surface area contributed by atoms with Crippen LogP contribution >= 0.6 is 11.6 Å². The Morgan fingerprint density at radius 3 is 2.53 bits per heavy atom. The van der Waals surface area contributed by atoms with Crippen molar-refractivity contribution >= 4 is 33.2 Å². The first-order chi connectivity index (χ1) is 14.2. The van der Waals surface area contributed by atoms with Gasteiger partial charge in [0.25, 0.3) is 0 Å². The number of nitrogens with zero attached hydrogens (tertiary/aromatic N) is 1. The van der Waals surface area contributed by atoms with E-state index in [0.29, 0.717) is 35.8 Å². The Balaban J connectivity index is 1.81. The maximum absolute atomic E-state index is 13.4. The Bertz CT molecular complexity index is 1010. The first-order valence-corrected chi connectivity index (χ1v) is 11.8. The molecule has 1 N–H and O–H groups in total. The molecule has 0 spiro atoms. The number of carbonyl (C=O) groups excluding carboxylic acids is 1.